The molecule has 0 fully saturated rings. The normalized spacial score (nSPS) is 11.8. The number of carboxylic acids is 1. The van der Waals surface area contributed by atoms with Crippen LogP contribution in [0.1, 0.15) is 36.5 Å². The van der Waals surface area contributed by atoms with Gasteiger partial charge >= 0.3 is 5.97 Å². The van der Waals surface area contributed by atoms with Gasteiger partial charge in [-0.05, 0) is 18.6 Å². The smallest absolute Gasteiger partial charge is 0.305 e. The number of nitrogens with two attached hydrogens (primary N) is 1. The molecule has 1 amide bonds. The van der Waals surface area contributed by atoms with Crippen molar-refractivity contribution in [3.05, 3.63) is 29.8 Å². The zero-order valence-electron chi connectivity index (χ0n) is 10.3. The van der Waals surface area contributed by atoms with E-state index in [1.54, 1.807) is 24.3 Å². The molecule has 18 heavy (non-hydrogen) atoms. The molecule has 5 heteroatoms. The summed E-state index contributed by atoms with van der Waals surface area (Å²) < 4.78 is 0. The van der Waals surface area contributed by atoms with E-state index >= 15 is 0 Å². The molecule has 1 unspecified atom stereocenters. The molecule has 1 atom stereocenters. The third-order valence-corrected chi connectivity index (χ3v) is 2.60. The number of para-hydroxylation sites is 1. The molecule has 0 bridgehead atoms. The Morgan fingerprint density at radius 1 is 1.39 bits per heavy atom. The van der Waals surface area contributed by atoms with E-state index in [9.17, 15) is 9.59 Å². The van der Waals surface area contributed by atoms with Gasteiger partial charge in [-0.15, -0.1) is 0 Å². The second kappa shape index (κ2) is 6.64. The first-order valence-electron chi connectivity index (χ1n) is 5.91. The number of amides is 1. The van der Waals surface area contributed by atoms with Crippen LogP contribution in [0.25, 0.3) is 0 Å². The molecule has 98 valence electrons. The Labute approximate surface area is 106 Å². The van der Waals surface area contributed by atoms with E-state index in [4.69, 9.17) is 10.8 Å². The van der Waals surface area contributed by atoms with E-state index in [-0.39, 0.29) is 18.4 Å². The number of carboxylic acid groups (broad SMARTS) is 1. The Bertz CT molecular complexity index is 432. The maximum absolute atomic E-state index is 11.9. The lowest BCUT2D eigenvalue weighted by atomic mass is 10.1. The molecular weight excluding hydrogens is 232 g/mol. The molecule has 0 aliphatic heterocycles. The van der Waals surface area contributed by atoms with Crippen LogP contribution in [0.5, 0.6) is 0 Å². The zero-order chi connectivity index (χ0) is 13.5. The Morgan fingerprint density at radius 3 is 2.61 bits per heavy atom. The third kappa shape index (κ3) is 4.08. The molecular formula is C13H18N2O3. The summed E-state index contributed by atoms with van der Waals surface area (Å²) in [6, 6.07) is 6.36. The lowest BCUT2D eigenvalue weighted by molar-refractivity contribution is -0.137. The SMILES string of the molecule is CCCC(CC(=O)O)NC(=O)c1ccccc1N. The number of nitrogen functional groups attached to an aromatic ring is 1. The number of carbonyl (C=O) groups excluding carboxylic acids is 1. The highest BCUT2D eigenvalue weighted by atomic mass is 16.4. The van der Waals surface area contributed by atoms with Gasteiger partial charge in [0.1, 0.15) is 0 Å². The van der Waals surface area contributed by atoms with E-state index in [1.165, 1.54) is 0 Å². The van der Waals surface area contributed by atoms with Crippen molar-refractivity contribution in [3.8, 4) is 0 Å². The van der Waals surface area contributed by atoms with Crippen molar-refractivity contribution in [2.24, 2.45) is 0 Å². The van der Waals surface area contributed by atoms with Gasteiger partial charge in [0.15, 0.2) is 0 Å². The number of aliphatic carboxylic acids is 1. The standard InChI is InChI=1S/C13H18N2O3/c1-2-5-9(8-12(16)17)15-13(18)10-6-3-4-7-11(10)14/h3-4,6-7,9H,2,5,8,14H2,1H3,(H,15,18)(H,16,17). The summed E-state index contributed by atoms with van der Waals surface area (Å²) in [6.45, 7) is 1.94. The molecule has 0 radical (unpaired) electrons. The lowest BCUT2D eigenvalue weighted by Crippen LogP contribution is -2.36. The molecule has 0 aromatic heterocycles. The minimum absolute atomic E-state index is 0.0771. The van der Waals surface area contributed by atoms with Crippen LogP contribution in [-0.4, -0.2) is 23.0 Å². The quantitative estimate of drug-likeness (QED) is 0.669. The Balaban J connectivity index is 2.72. The minimum atomic E-state index is -0.921. The van der Waals surface area contributed by atoms with Crippen LogP contribution in [0.15, 0.2) is 24.3 Å². The number of rotatable bonds is 6. The number of carbonyl (C=O) groups is 2. The molecule has 1 aromatic rings. The summed E-state index contributed by atoms with van der Waals surface area (Å²) in [7, 11) is 0. The Hall–Kier alpha value is -2.04. The van der Waals surface area contributed by atoms with Crippen molar-refractivity contribution in [3.63, 3.8) is 0 Å². The second-order valence-corrected chi connectivity index (χ2v) is 4.14. The van der Waals surface area contributed by atoms with Gasteiger partial charge in [-0.3, -0.25) is 9.59 Å². The van der Waals surface area contributed by atoms with E-state index < -0.39 is 5.97 Å². The summed E-state index contributed by atoms with van der Waals surface area (Å²) in [4.78, 5) is 22.6. The first-order valence-corrected chi connectivity index (χ1v) is 5.91. The van der Waals surface area contributed by atoms with E-state index in [0.29, 0.717) is 17.7 Å². The van der Waals surface area contributed by atoms with Gasteiger partial charge < -0.3 is 16.2 Å². The van der Waals surface area contributed by atoms with Crippen LogP contribution in [-0.2, 0) is 4.79 Å². The van der Waals surface area contributed by atoms with Crippen LogP contribution in [0.2, 0.25) is 0 Å². The van der Waals surface area contributed by atoms with Gasteiger partial charge in [-0.1, -0.05) is 25.5 Å². The van der Waals surface area contributed by atoms with Crippen molar-refractivity contribution >= 4 is 17.6 Å². The molecule has 0 aliphatic rings. The molecule has 0 spiro atoms. The fourth-order valence-electron chi connectivity index (χ4n) is 1.75. The zero-order valence-corrected chi connectivity index (χ0v) is 10.3. The fourth-order valence-corrected chi connectivity index (χ4v) is 1.75. The topological polar surface area (TPSA) is 92.4 Å². The summed E-state index contributed by atoms with van der Waals surface area (Å²) in [5.41, 5.74) is 6.46. The number of anilines is 1. The summed E-state index contributed by atoms with van der Waals surface area (Å²) in [5, 5.41) is 11.5. The molecule has 0 heterocycles. The predicted octanol–water partition coefficient (Wildman–Crippen LogP) is 1.64. The molecule has 0 saturated heterocycles. The summed E-state index contributed by atoms with van der Waals surface area (Å²) in [5.74, 6) is -1.25. The number of nitrogens with one attached hydrogen (secondary N) is 1. The van der Waals surface area contributed by atoms with Crippen LogP contribution in [0.4, 0.5) is 5.69 Å². The van der Waals surface area contributed by atoms with Crippen LogP contribution < -0.4 is 11.1 Å². The minimum Gasteiger partial charge on any atom is -0.481 e. The van der Waals surface area contributed by atoms with E-state index in [1.807, 2.05) is 6.92 Å². The van der Waals surface area contributed by atoms with Crippen molar-refractivity contribution in [2.45, 2.75) is 32.2 Å². The van der Waals surface area contributed by atoms with Crippen molar-refractivity contribution in [2.75, 3.05) is 5.73 Å². The van der Waals surface area contributed by atoms with E-state index in [0.717, 1.165) is 6.42 Å². The van der Waals surface area contributed by atoms with E-state index in [2.05, 4.69) is 5.32 Å². The molecule has 1 aromatic carbocycles. The number of hydrogen-bond donors (Lipinski definition) is 3. The van der Waals surface area contributed by atoms with Crippen molar-refractivity contribution in [1.82, 2.24) is 5.32 Å². The molecule has 4 N–H and O–H groups in total. The summed E-state index contributed by atoms with van der Waals surface area (Å²) in [6.07, 6.45) is 1.36. The summed E-state index contributed by atoms with van der Waals surface area (Å²) >= 11 is 0. The predicted molar refractivity (Wildman–Crippen MR) is 69.3 cm³/mol. The Morgan fingerprint density at radius 2 is 2.06 bits per heavy atom. The number of hydrogen-bond acceptors (Lipinski definition) is 3. The molecule has 0 saturated carbocycles. The maximum atomic E-state index is 11.9. The van der Waals surface area contributed by atoms with Gasteiger partial charge in [0.05, 0.1) is 12.0 Å². The highest BCUT2D eigenvalue weighted by Gasteiger charge is 2.17. The van der Waals surface area contributed by atoms with Gasteiger partial charge in [-0.25, -0.2) is 0 Å². The average molecular weight is 250 g/mol. The second-order valence-electron chi connectivity index (χ2n) is 4.14. The average Bonchev–Trinajstić information content (AvgIpc) is 2.28. The van der Waals surface area contributed by atoms with Crippen molar-refractivity contribution < 1.29 is 14.7 Å². The molecule has 0 aliphatic carbocycles. The third-order valence-electron chi connectivity index (χ3n) is 2.60. The first-order chi connectivity index (χ1) is 8.54. The van der Waals surface area contributed by atoms with Crippen LogP contribution in [0, 0.1) is 0 Å². The van der Waals surface area contributed by atoms with Gasteiger partial charge in [-0.2, -0.15) is 0 Å². The maximum Gasteiger partial charge on any atom is 0.305 e. The van der Waals surface area contributed by atoms with Crippen LogP contribution in [0.3, 0.4) is 0 Å². The monoisotopic (exact) mass is 250 g/mol. The Kier molecular flexibility index (Phi) is 5.17. The first kappa shape index (κ1) is 14.0. The largest absolute Gasteiger partial charge is 0.481 e. The fraction of sp³-hybridized carbons (Fsp3) is 0.385. The number of benzene rings is 1. The molecule has 1 rings (SSSR count). The van der Waals surface area contributed by atoms with Crippen molar-refractivity contribution in [1.29, 1.82) is 0 Å². The van der Waals surface area contributed by atoms with Gasteiger partial charge in [0.25, 0.3) is 5.91 Å². The molecule has 5 nitrogen and oxygen atoms in total. The highest BCUT2D eigenvalue weighted by Crippen LogP contribution is 2.11. The van der Waals surface area contributed by atoms with Gasteiger partial charge in [0, 0.05) is 11.7 Å². The lowest BCUT2D eigenvalue weighted by Gasteiger charge is -2.16. The highest BCUT2D eigenvalue weighted by molar-refractivity contribution is 5.99. The van der Waals surface area contributed by atoms with Gasteiger partial charge in [0.2, 0.25) is 0 Å². The van der Waals surface area contributed by atoms with Crippen LogP contribution >= 0.6 is 0 Å².